The maximum absolute atomic E-state index is 10.6. The molecular formula is C24H20Cl2N2O3. The van der Waals surface area contributed by atoms with Crippen molar-refractivity contribution in [1.82, 2.24) is 10.2 Å². The van der Waals surface area contributed by atoms with Crippen LogP contribution in [0.25, 0.3) is 11.3 Å². The molecule has 0 aliphatic rings. The van der Waals surface area contributed by atoms with Crippen molar-refractivity contribution in [3.63, 3.8) is 0 Å². The van der Waals surface area contributed by atoms with Crippen molar-refractivity contribution in [1.29, 1.82) is 0 Å². The number of phenolic OH excluding ortho intramolecular Hbond substituents is 1. The summed E-state index contributed by atoms with van der Waals surface area (Å²) in [7, 11) is 0. The number of ether oxygens (including phenoxy) is 2. The molecule has 2 N–H and O–H groups in total. The Hall–Kier alpha value is -3.15. The summed E-state index contributed by atoms with van der Waals surface area (Å²) in [5, 5.41) is 18.7. The van der Waals surface area contributed by atoms with Crippen LogP contribution in [0.5, 0.6) is 23.0 Å². The van der Waals surface area contributed by atoms with Gasteiger partial charge in [-0.3, -0.25) is 5.10 Å². The molecule has 0 saturated heterocycles. The van der Waals surface area contributed by atoms with Crippen LogP contribution in [0.3, 0.4) is 0 Å². The zero-order valence-electron chi connectivity index (χ0n) is 16.9. The molecule has 5 nitrogen and oxygen atoms in total. The topological polar surface area (TPSA) is 67.4 Å². The lowest BCUT2D eigenvalue weighted by Gasteiger charge is -2.12. The van der Waals surface area contributed by atoms with E-state index in [1.165, 1.54) is 0 Å². The highest BCUT2D eigenvalue weighted by Crippen LogP contribution is 2.38. The Kier molecular flexibility index (Phi) is 6.07. The van der Waals surface area contributed by atoms with Gasteiger partial charge in [-0.15, -0.1) is 0 Å². The van der Waals surface area contributed by atoms with Gasteiger partial charge in [-0.1, -0.05) is 41.4 Å². The molecule has 0 saturated carbocycles. The maximum Gasteiger partial charge on any atom is 0.173 e. The molecule has 0 bridgehead atoms. The molecule has 1 heterocycles. The summed E-state index contributed by atoms with van der Waals surface area (Å²) < 4.78 is 11.8. The summed E-state index contributed by atoms with van der Waals surface area (Å²) in [6.45, 7) is 4.23. The van der Waals surface area contributed by atoms with Gasteiger partial charge in [-0.25, -0.2) is 0 Å². The summed E-state index contributed by atoms with van der Waals surface area (Å²) in [4.78, 5) is 0. The van der Waals surface area contributed by atoms with Crippen molar-refractivity contribution in [3.05, 3.63) is 87.5 Å². The fraction of sp³-hybridized carbons (Fsp3) is 0.125. The standard InChI is InChI=1S/C24H20Cl2N2O3/c1-14-3-4-15(2)22(9-14)31-23-12-27-28-24(23)19-8-7-18(11-21(19)29)30-13-16-5-6-17(25)10-20(16)26/h3-12,29H,13H2,1-2H3,(H,27,28). The molecule has 0 aliphatic carbocycles. The van der Waals surface area contributed by atoms with Gasteiger partial charge in [-0.2, -0.15) is 5.10 Å². The Bertz CT molecular complexity index is 1240. The third-order valence-electron chi connectivity index (χ3n) is 4.82. The van der Waals surface area contributed by atoms with Gasteiger partial charge < -0.3 is 14.6 Å². The number of hydrogen-bond acceptors (Lipinski definition) is 4. The highest BCUT2D eigenvalue weighted by molar-refractivity contribution is 6.35. The minimum absolute atomic E-state index is 0.0368. The summed E-state index contributed by atoms with van der Waals surface area (Å²) in [6.07, 6.45) is 1.59. The van der Waals surface area contributed by atoms with Crippen LogP contribution in [-0.4, -0.2) is 15.3 Å². The van der Waals surface area contributed by atoms with Crippen molar-refractivity contribution in [2.45, 2.75) is 20.5 Å². The fourth-order valence-corrected chi connectivity index (χ4v) is 3.56. The molecule has 0 spiro atoms. The summed E-state index contributed by atoms with van der Waals surface area (Å²) in [5.41, 5.74) is 4.02. The number of hydrogen-bond donors (Lipinski definition) is 2. The van der Waals surface area contributed by atoms with E-state index >= 15 is 0 Å². The van der Waals surface area contributed by atoms with Crippen LogP contribution >= 0.6 is 23.2 Å². The molecule has 4 aromatic rings. The number of benzene rings is 3. The Morgan fingerprint density at radius 1 is 0.968 bits per heavy atom. The van der Waals surface area contributed by atoms with E-state index in [1.54, 1.807) is 42.6 Å². The van der Waals surface area contributed by atoms with Gasteiger partial charge in [0, 0.05) is 27.2 Å². The molecular weight excluding hydrogens is 435 g/mol. The SMILES string of the molecule is Cc1ccc(C)c(Oc2cn[nH]c2-c2ccc(OCc3ccc(Cl)cc3Cl)cc2O)c1. The number of H-pyrrole nitrogens is 1. The predicted molar refractivity (Wildman–Crippen MR) is 122 cm³/mol. The highest BCUT2D eigenvalue weighted by Gasteiger charge is 2.16. The second-order valence-corrected chi connectivity index (χ2v) is 8.03. The van der Waals surface area contributed by atoms with Gasteiger partial charge in [0.25, 0.3) is 0 Å². The van der Waals surface area contributed by atoms with Crippen LogP contribution in [0.2, 0.25) is 10.0 Å². The Morgan fingerprint density at radius 2 is 1.81 bits per heavy atom. The summed E-state index contributed by atoms with van der Waals surface area (Å²) in [6, 6.07) is 16.3. The zero-order valence-corrected chi connectivity index (χ0v) is 18.5. The quantitative estimate of drug-likeness (QED) is 0.326. The van der Waals surface area contributed by atoms with Crippen LogP contribution in [-0.2, 0) is 6.61 Å². The number of halogens is 2. The number of aromatic amines is 1. The van der Waals surface area contributed by atoms with E-state index in [4.69, 9.17) is 32.7 Å². The molecule has 0 unspecified atom stereocenters. The number of aromatic hydroxyl groups is 1. The zero-order chi connectivity index (χ0) is 22.0. The molecule has 1 aromatic heterocycles. The molecule has 0 aliphatic heterocycles. The molecule has 0 atom stereocenters. The van der Waals surface area contributed by atoms with Gasteiger partial charge >= 0.3 is 0 Å². The van der Waals surface area contributed by atoms with E-state index in [0.717, 1.165) is 22.4 Å². The number of aryl methyl sites for hydroxylation is 2. The predicted octanol–water partition coefficient (Wildman–Crippen LogP) is 7.08. The number of nitrogens with zero attached hydrogens (tertiary/aromatic N) is 1. The second kappa shape index (κ2) is 8.92. The van der Waals surface area contributed by atoms with Crippen molar-refractivity contribution in [3.8, 4) is 34.3 Å². The third-order valence-corrected chi connectivity index (χ3v) is 5.40. The van der Waals surface area contributed by atoms with Crippen molar-refractivity contribution >= 4 is 23.2 Å². The first-order valence-corrected chi connectivity index (χ1v) is 10.3. The van der Waals surface area contributed by atoms with Gasteiger partial charge in [0.15, 0.2) is 5.75 Å². The molecule has 3 aromatic carbocycles. The summed E-state index contributed by atoms with van der Waals surface area (Å²) in [5.74, 6) is 1.80. The van der Waals surface area contributed by atoms with E-state index < -0.39 is 0 Å². The van der Waals surface area contributed by atoms with Crippen molar-refractivity contribution in [2.24, 2.45) is 0 Å². The normalized spacial score (nSPS) is 10.8. The number of nitrogens with one attached hydrogen (secondary N) is 1. The van der Waals surface area contributed by atoms with Gasteiger partial charge in [0.05, 0.1) is 6.20 Å². The first kappa shape index (κ1) is 21.1. The summed E-state index contributed by atoms with van der Waals surface area (Å²) >= 11 is 12.1. The van der Waals surface area contributed by atoms with E-state index in [-0.39, 0.29) is 12.4 Å². The Balaban J connectivity index is 1.54. The molecule has 0 fully saturated rings. The Labute approximate surface area is 190 Å². The highest BCUT2D eigenvalue weighted by atomic mass is 35.5. The first-order valence-electron chi connectivity index (χ1n) is 9.59. The first-order chi connectivity index (χ1) is 14.9. The van der Waals surface area contributed by atoms with E-state index in [1.807, 2.05) is 32.0 Å². The van der Waals surface area contributed by atoms with E-state index in [0.29, 0.717) is 32.8 Å². The lowest BCUT2D eigenvalue weighted by atomic mass is 10.1. The lowest BCUT2D eigenvalue weighted by Crippen LogP contribution is -1.96. The minimum atomic E-state index is 0.0368. The monoisotopic (exact) mass is 454 g/mol. The largest absolute Gasteiger partial charge is 0.507 e. The van der Waals surface area contributed by atoms with Crippen LogP contribution in [0.4, 0.5) is 0 Å². The van der Waals surface area contributed by atoms with Gasteiger partial charge in [-0.05, 0) is 55.3 Å². The molecule has 0 amide bonds. The van der Waals surface area contributed by atoms with Crippen molar-refractivity contribution < 1.29 is 14.6 Å². The average molecular weight is 455 g/mol. The lowest BCUT2D eigenvalue weighted by molar-refractivity contribution is 0.304. The Morgan fingerprint density at radius 3 is 2.58 bits per heavy atom. The van der Waals surface area contributed by atoms with E-state index in [9.17, 15) is 5.11 Å². The fourth-order valence-electron chi connectivity index (χ4n) is 3.09. The third kappa shape index (κ3) is 4.79. The average Bonchev–Trinajstić information content (AvgIpc) is 3.18. The number of phenols is 1. The van der Waals surface area contributed by atoms with Crippen molar-refractivity contribution in [2.75, 3.05) is 0 Å². The van der Waals surface area contributed by atoms with E-state index in [2.05, 4.69) is 10.2 Å². The molecule has 7 heteroatoms. The van der Waals surface area contributed by atoms with Crippen LogP contribution in [0.15, 0.2) is 60.8 Å². The van der Waals surface area contributed by atoms with Crippen LogP contribution in [0.1, 0.15) is 16.7 Å². The maximum atomic E-state index is 10.6. The number of aromatic nitrogens is 2. The minimum Gasteiger partial charge on any atom is -0.507 e. The second-order valence-electron chi connectivity index (χ2n) is 7.18. The molecule has 4 rings (SSSR count). The molecule has 158 valence electrons. The molecule has 31 heavy (non-hydrogen) atoms. The van der Waals surface area contributed by atoms with Crippen LogP contribution < -0.4 is 9.47 Å². The molecule has 0 radical (unpaired) electrons. The number of rotatable bonds is 6. The van der Waals surface area contributed by atoms with Gasteiger partial charge in [0.2, 0.25) is 0 Å². The van der Waals surface area contributed by atoms with Gasteiger partial charge in [0.1, 0.15) is 29.5 Å². The smallest absolute Gasteiger partial charge is 0.173 e. The van der Waals surface area contributed by atoms with Crippen LogP contribution in [0, 0.1) is 13.8 Å².